The van der Waals surface area contributed by atoms with E-state index in [2.05, 4.69) is 4.57 Å². The summed E-state index contributed by atoms with van der Waals surface area (Å²) in [4.78, 5) is 27.0. The average molecular weight is 527 g/mol. The summed E-state index contributed by atoms with van der Waals surface area (Å²) in [6.45, 7) is 3.64. The summed E-state index contributed by atoms with van der Waals surface area (Å²) in [6, 6.07) is 23.7. The summed E-state index contributed by atoms with van der Waals surface area (Å²) >= 11 is 0. The van der Waals surface area contributed by atoms with Crippen molar-refractivity contribution in [3.8, 4) is 5.75 Å². The van der Waals surface area contributed by atoms with Crippen LogP contribution in [0.25, 0.3) is 10.9 Å². The molecule has 1 amide bonds. The number of carbonyl (C=O) groups is 2. The molecule has 0 atom stereocenters. The summed E-state index contributed by atoms with van der Waals surface area (Å²) in [5.74, 6) is 0.503. The van der Waals surface area contributed by atoms with Crippen LogP contribution in [-0.2, 0) is 29.0 Å². The SMILES string of the molecule is COC(=O)c1ccc(CCCCn2cc(C(=O)N3CCOCC3)c3ccc(OCc4ccccc4)cc32)cc1. The second-order valence-electron chi connectivity index (χ2n) is 9.74. The van der Waals surface area contributed by atoms with Crippen LogP contribution in [-0.4, -0.2) is 54.8 Å². The number of hydrogen-bond acceptors (Lipinski definition) is 5. The van der Waals surface area contributed by atoms with E-state index < -0.39 is 0 Å². The molecule has 1 fully saturated rings. The maximum atomic E-state index is 13.4. The number of rotatable bonds is 10. The molecule has 1 aromatic heterocycles. The van der Waals surface area contributed by atoms with Gasteiger partial charge in [0.25, 0.3) is 5.91 Å². The van der Waals surface area contributed by atoms with Crippen LogP contribution in [0.2, 0.25) is 0 Å². The Bertz CT molecular complexity index is 1410. The van der Waals surface area contributed by atoms with Crippen LogP contribution in [0.4, 0.5) is 0 Å². The molecule has 1 saturated heterocycles. The van der Waals surface area contributed by atoms with Crippen molar-refractivity contribution >= 4 is 22.8 Å². The molecule has 4 aromatic rings. The number of aryl methyl sites for hydroxylation is 2. The van der Waals surface area contributed by atoms with Crippen molar-refractivity contribution in [1.29, 1.82) is 0 Å². The predicted molar refractivity (Wildman–Crippen MR) is 150 cm³/mol. The van der Waals surface area contributed by atoms with E-state index in [1.807, 2.05) is 71.8 Å². The highest BCUT2D eigenvalue weighted by Gasteiger charge is 2.23. The number of unbranched alkanes of at least 4 members (excludes halogenated alkanes) is 1. The normalized spacial score (nSPS) is 13.4. The van der Waals surface area contributed by atoms with Crippen LogP contribution in [0, 0.1) is 0 Å². The largest absolute Gasteiger partial charge is 0.489 e. The van der Waals surface area contributed by atoms with Crippen LogP contribution < -0.4 is 4.74 Å². The van der Waals surface area contributed by atoms with Crippen molar-refractivity contribution in [1.82, 2.24) is 9.47 Å². The highest BCUT2D eigenvalue weighted by molar-refractivity contribution is 6.07. The molecule has 2 heterocycles. The molecule has 1 aliphatic rings. The fourth-order valence-electron chi connectivity index (χ4n) is 4.93. The number of carbonyl (C=O) groups excluding carboxylic acids is 2. The Morgan fingerprint density at radius 3 is 2.41 bits per heavy atom. The monoisotopic (exact) mass is 526 g/mol. The van der Waals surface area contributed by atoms with E-state index in [0.717, 1.165) is 53.6 Å². The first kappa shape index (κ1) is 26.5. The smallest absolute Gasteiger partial charge is 0.337 e. The van der Waals surface area contributed by atoms with Crippen LogP contribution in [0.1, 0.15) is 44.7 Å². The molecule has 0 unspecified atom stereocenters. The zero-order valence-corrected chi connectivity index (χ0v) is 22.3. The Morgan fingerprint density at radius 1 is 0.897 bits per heavy atom. The molecular formula is C32H34N2O5. The Kier molecular flexibility index (Phi) is 8.58. The van der Waals surface area contributed by atoms with E-state index in [0.29, 0.717) is 38.5 Å². The third kappa shape index (κ3) is 6.49. The van der Waals surface area contributed by atoms with Gasteiger partial charge in [0.15, 0.2) is 0 Å². The molecule has 0 saturated carbocycles. The summed E-state index contributed by atoms with van der Waals surface area (Å²) in [7, 11) is 1.39. The second-order valence-corrected chi connectivity index (χ2v) is 9.74. The van der Waals surface area contributed by atoms with Gasteiger partial charge < -0.3 is 23.7 Å². The van der Waals surface area contributed by atoms with Crippen molar-refractivity contribution in [2.45, 2.75) is 32.4 Å². The number of morpholine rings is 1. The molecule has 0 spiro atoms. The van der Waals surface area contributed by atoms with Crippen LogP contribution in [0.5, 0.6) is 5.75 Å². The summed E-state index contributed by atoms with van der Waals surface area (Å²) in [5, 5.41) is 0.942. The van der Waals surface area contributed by atoms with Crippen molar-refractivity contribution in [3.05, 3.63) is 101 Å². The van der Waals surface area contributed by atoms with Gasteiger partial charge in [-0.3, -0.25) is 4.79 Å². The molecule has 0 radical (unpaired) electrons. The third-order valence-electron chi connectivity index (χ3n) is 7.12. The van der Waals surface area contributed by atoms with E-state index in [9.17, 15) is 9.59 Å². The Hall–Kier alpha value is -4.10. The first-order chi connectivity index (χ1) is 19.1. The maximum absolute atomic E-state index is 13.4. The van der Waals surface area contributed by atoms with Crippen LogP contribution in [0.15, 0.2) is 79.0 Å². The van der Waals surface area contributed by atoms with Gasteiger partial charge in [0.2, 0.25) is 0 Å². The van der Waals surface area contributed by atoms with Crippen LogP contribution in [0.3, 0.4) is 0 Å². The predicted octanol–water partition coefficient (Wildman–Crippen LogP) is 5.50. The lowest BCUT2D eigenvalue weighted by Gasteiger charge is -2.26. The van der Waals surface area contributed by atoms with Gasteiger partial charge in [-0.15, -0.1) is 0 Å². The Labute approximate surface area is 228 Å². The number of hydrogen-bond donors (Lipinski definition) is 0. The molecule has 0 bridgehead atoms. The quantitative estimate of drug-likeness (QED) is 0.202. The van der Waals surface area contributed by atoms with Gasteiger partial charge in [-0.05, 0) is 54.7 Å². The van der Waals surface area contributed by atoms with Crippen molar-refractivity contribution in [2.75, 3.05) is 33.4 Å². The minimum Gasteiger partial charge on any atom is -0.489 e. The highest BCUT2D eigenvalue weighted by Crippen LogP contribution is 2.28. The minimum atomic E-state index is -0.324. The molecule has 7 heteroatoms. The molecule has 39 heavy (non-hydrogen) atoms. The second kappa shape index (κ2) is 12.6. The van der Waals surface area contributed by atoms with E-state index in [-0.39, 0.29) is 11.9 Å². The lowest BCUT2D eigenvalue weighted by molar-refractivity contribution is 0.0304. The van der Waals surface area contributed by atoms with Crippen molar-refractivity contribution in [3.63, 3.8) is 0 Å². The van der Waals surface area contributed by atoms with E-state index in [4.69, 9.17) is 14.2 Å². The van der Waals surface area contributed by atoms with Gasteiger partial charge in [-0.2, -0.15) is 0 Å². The number of nitrogens with zero attached hydrogens (tertiary/aromatic N) is 2. The molecule has 3 aromatic carbocycles. The van der Waals surface area contributed by atoms with E-state index in [1.54, 1.807) is 12.1 Å². The Morgan fingerprint density at radius 2 is 1.67 bits per heavy atom. The average Bonchev–Trinajstić information content (AvgIpc) is 3.36. The fraction of sp³-hybridized carbons (Fsp3) is 0.312. The minimum absolute atomic E-state index is 0.0469. The molecule has 0 aliphatic carbocycles. The van der Waals surface area contributed by atoms with Gasteiger partial charge in [-0.1, -0.05) is 42.5 Å². The summed E-state index contributed by atoms with van der Waals surface area (Å²) < 4.78 is 18.5. The van der Waals surface area contributed by atoms with E-state index in [1.165, 1.54) is 12.7 Å². The van der Waals surface area contributed by atoms with Gasteiger partial charge >= 0.3 is 5.97 Å². The first-order valence-electron chi connectivity index (χ1n) is 13.5. The number of ether oxygens (including phenoxy) is 3. The fourth-order valence-corrected chi connectivity index (χ4v) is 4.93. The molecule has 5 rings (SSSR count). The molecule has 202 valence electrons. The lowest BCUT2D eigenvalue weighted by Crippen LogP contribution is -2.40. The van der Waals surface area contributed by atoms with Gasteiger partial charge in [0.05, 0.1) is 37.0 Å². The zero-order valence-electron chi connectivity index (χ0n) is 22.3. The Balaban J connectivity index is 1.30. The van der Waals surface area contributed by atoms with Crippen molar-refractivity contribution < 1.29 is 23.8 Å². The molecular weight excluding hydrogens is 492 g/mol. The van der Waals surface area contributed by atoms with Crippen LogP contribution >= 0.6 is 0 Å². The molecule has 0 N–H and O–H groups in total. The van der Waals surface area contributed by atoms with Crippen molar-refractivity contribution in [2.24, 2.45) is 0 Å². The summed E-state index contributed by atoms with van der Waals surface area (Å²) in [5.41, 5.74) is 4.57. The molecule has 7 nitrogen and oxygen atoms in total. The number of fused-ring (bicyclic) bond motifs is 1. The number of esters is 1. The lowest BCUT2D eigenvalue weighted by atomic mass is 10.1. The number of methoxy groups -OCH3 is 1. The van der Waals surface area contributed by atoms with E-state index >= 15 is 0 Å². The van der Waals surface area contributed by atoms with Gasteiger partial charge in [0.1, 0.15) is 12.4 Å². The third-order valence-corrected chi connectivity index (χ3v) is 7.12. The summed E-state index contributed by atoms with van der Waals surface area (Å²) in [6.07, 6.45) is 4.83. The first-order valence-corrected chi connectivity index (χ1v) is 13.5. The highest BCUT2D eigenvalue weighted by atomic mass is 16.5. The number of amides is 1. The van der Waals surface area contributed by atoms with Gasteiger partial charge in [0, 0.05) is 37.3 Å². The number of aromatic nitrogens is 1. The number of benzene rings is 3. The van der Waals surface area contributed by atoms with Gasteiger partial charge in [-0.25, -0.2) is 4.79 Å². The maximum Gasteiger partial charge on any atom is 0.337 e. The topological polar surface area (TPSA) is 70.0 Å². The molecule has 1 aliphatic heterocycles. The zero-order chi connectivity index (χ0) is 27.0. The standard InChI is InChI=1S/C32H34N2O5/c1-37-32(36)26-12-10-24(11-13-26)7-5-6-16-34-22-29(31(35)33-17-19-38-20-18-33)28-15-14-27(21-30(28)34)39-23-25-8-3-2-4-9-25/h2-4,8-15,21-22H,5-7,16-20,23H2,1H3.